The molecule has 2 rings (SSSR count). The highest BCUT2D eigenvalue weighted by atomic mass is 32.2. The Hall–Kier alpha value is -0.510. The van der Waals surface area contributed by atoms with Crippen LogP contribution >= 0.6 is 11.8 Å². The summed E-state index contributed by atoms with van der Waals surface area (Å²) in [7, 11) is 0. The molecule has 0 aromatic heterocycles. The van der Waals surface area contributed by atoms with E-state index >= 15 is 0 Å². The normalized spacial score (nSPS) is 21.3. The highest BCUT2D eigenvalue weighted by molar-refractivity contribution is 8.00. The third kappa shape index (κ3) is 4.83. The molecular formula is C16H25NOS. The topological polar surface area (TPSA) is 21.3 Å². The van der Waals surface area contributed by atoms with Gasteiger partial charge in [-0.05, 0) is 50.4 Å². The van der Waals surface area contributed by atoms with Crippen molar-refractivity contribution in [1.82, 2.24) is 5.32 Å². The van der Waals surface area contributed by atoms with Gasteiger partial charge >= 0.3 is 0 Å². The lowest BCUT2D eigenvalue weighted by atomic mass is 10.1. The summed E-state index contributed by atoms with van der Waals surface area (Å²) >= 11 is 1.96. The van der Waals surface area contributed by atoms with E-state index in [1.807, 2.05) is 11.8 Å². The van der Waals surface area contributed by atoms with Crippen LogP contribution in [0, 0.1) is 0 Å². The molecule has 0 saturated carbocycles. The van der Waals surface area contributed by atoms with E-state index in [2.05, 4.69) is 43.4 Å². The Kier molecular flexibility index (Phi) is 6.21. The van der Waals surface area contributed by atoms with Gasteiger partial charge in [0, 0.05) is 22.8 Å². The fraction of sp³-hybridized carbons (Fsp3) is 0.625. The quantitative estimate of drug-likeness (QED) is 0.850. The predicted molar refractivity (Wildman–Crippen MR) is 82.8 cm³/mol. The molecule has 19 heavy (non-hydrogen) atoms. The number of thioether (sulfide) groups is 1. The van der Waals surface area contributed by atoms with Crippen LogP contribution in [0.15, 0.2) is 29.2 Å². The van der Waals surface area contributed by atoms with Gasteiger partial charge in [-0.15, -0.1) is 11.8 Å². The van der Waals surface area contributed by atoms with E-state index in [0.29, 0.717) is 11.3 Å². The van der Waals surface area contributed by atoms with Gasteiger partial charge in [0.1, 0.15) is 0 Å². The lowest BCUT2D eigenvalue weighted by Crippen LogP contribution is -2.19. The molecule has 1 aromatic rings. The van der Waals surface area contributed by atoms with E-state index in [9.17, 15) is 0 Å². The minimum Gasteiger partial charge on any atom is -0.380 e. The molecule has 1 aliphatic heterocycles. The molecule has 2 unspecified atom stereocenters. The second kappa shape index (κ2) is 7.93. The van der Waals surface area contributed by atoms with Crippen LogP contribution in [0.2, 0.25) is 0 Å². The lowest BCUT2D eigenvalue weighted by molar-refractivity contribution is 0.101. The summed E-state index contributed by atoms with van der Waals surface area (Å²) in [5.41, 5.74) is 1.37. The molecule has 106 valence electrons. The van der Waals surface area contributed by atoms with Crippen LogP contribution in [0.3, 0.4) is 0 Å². The average molecular weight is 279 g/mol. The number of nitrogens with one attached hydrogen (secondary N) is 1. The van der Waals surface area contributed by atoms with Crippen LogP contribution in [0.1, 0.15) is 44.7 Å². The smallest absolute Gasteiger partial charge is 0.0588 e. The molecule has 3 heteroatoms. The first-order chi connectivity index (χ1) is 9.29. The Morgan fingerprint density at radius 3 is 2.79 bits per heavy atom. The standard InChI is InChI=1S/C16H25NOS/c1-3-10-17-13(2)14-6-8-15(9-7-14)19-16-5-4-11-18-12-16/h6-9,13,16-17H,3-5,10-12H2,1-2H3. The van der Waals surface area contributed by atoms with Crippen molar-refractivity contribution in [2.24, 2.45) is 0 Å². The third-order valence-corrected chi connectivity index (χ3v) is 4.75. The van der Waals surface area contributed by atoms with Crippen molar-refractivity contribution >= 4 is 11.8 Å². The van der Waals surface area contributed by atoms with Crippen LogP contribution in [-0.2, 0) is 4.74 Å². The first kappa shape index (κ1) is 14.9. The molecule has 1 aliphatic rings. The molecule has 1 saturated heterocycles. The number of benzene rings is 1. The Morgan fingerprint density at radius 1 is 1.37 bits per heavy atom. The second-order valence-corrected chi connectivity index (χ2v) is 6.58. The fourth-order valence-corrected chi connectivity index (χ4v) is 3.44. The molecule has 1 N–H and O–H groups in total. The Labute approximate surface area is 121 Å². The van der Waals surface area contributed by atoms with Crippen LogP contribution in [-0.4, -0.2) is 25.0 Å². The molecule has 0 spiro atoms. The van der Waals surface area contributed by atoms with E-state index in [1.165, 1.54) is 29.7 Å². The molecular weight excluding hydrogens is 254 g/mol. The molecule has 2 nitrogen and oxygen atoms in total. The van der Waals surface area contributed by atoms with Crippen molar-refractivity contribution < 1.29 is 4.74 Å². The predicted octanol–water partition coefficient (Wildman–Crippen LogP) is 4.02. The van der Waals surface area contributed by atoms with Gasteiger partial charge in [0.25, 0.3) is 0 Å². The zero-order valence-corrected chi connectivity index (χ0v) is 12.8. The van der Waals surface area contributed by atoms with Gasteiger partial charge < -0.3 is 10.1 Å². The molecule has 0 aliphatic carbocycles. The molecule has 0 bridgehead atoms. The summed E-state index contributed by atoms with van der Waals surface area (Å²) < 4.78 is 5.53. The maximum absolute atomic E-state index is 5.53. The molecule has 1 heterocycles. The van der Waals surface area contributed by atoms with Crippen LogP contribution in [0.4, 0.5) is 0 Å². The summed E-state index contributed by atoms with van der Waals surface area (Å²) in [5.74, 6) is 0. The summed E-state index contributed by atoms with van der Waals surface area (Å²) in [6, 6.07) is 9.44. The van der Waals surface area contributed by atoms with Gasteiger partial charge in [-0.3, -0.25) is 0 Å². The zero-order valence-electron chi connectivity index (χ0n) is 12.0. The average Bonchev–Trinajstić information content (AvgIpc) is 2.46. The second-order valence-electron chi connectivity index (χ2n) is 5.20. The molecule has 2 atom stereocenters. The van der Waals surface area contributed by atoms with Crippen molar-refractivity contribution in [3.63, 3.8) is 0 Å². The van der Waals surface area contributed by atoms with E-state index in [-0.39, 0.29) is 0 Å². The van der Waals surface area contributed by atoms with Crippen LogP contribution in [0.5, 0.6) is 0 Å². The van der Waals surface area contributed by atoms with Crippen molar-refractivity contribution in [1.29, 1.82) is 0 Å². The molecule has 0 amide bonds. The maximum atomic E-state index is 5.53. The highest BCUT2D eigenvalue weighted by Gasteiger charge is 2.15. The van der Waals surface area contributed by atoms with Crippen LogP contribution < -0.4 is 5.32 Å². The molecule has 1 aromatic carbocycles. The Balaban J connectivity index is 1.86. The lowest BCUT2D eigenvalue weighted by Gasteiger charge is -2.21. The number of ether oxygens (including phenoxy) is 1. The first-order valence-electron chi connectivity index (χ1n) is 7.37. The van der Waals surface area contributed by atoms with Gasteiger partial charge in [0.2, 0.25) is 0 Å². The van der Waals surface area contributed by atoms with E-state index in [0.717, 1.165) is 19.8 Å². The number of rotatable bonds is 6. The summed E-state index contributed by atoms with van der Waals surface area (Å²) in [6.07, 6.45) is 3.66. The SMILES string of the molecule is CCCNC(C)c1ccc(SC2CCCOC2)cc1. The Morgan fingerprint density at radius 2 is 2.16 bits per heavy atom. The van der Waals surface area contributed by atoms with Gasteiger partial charge in [0.05, 0.1) is 6.61 Å². The highest BCUT2D eigenvalue weighted by Crippen LogP contribution is 2.29. The van der Waals surface area contributed by atoms with E-state index in [4.69, 9.17) is 4.74 Å². The minimum absolute atomic E-state index is 0.442. The van der Waals surface area contributed by atoms with Crippen molar-refractivity contribution in [2.45, 2.75) is 49.3 Å². The summed E-state index contributed by atoms with van der Waals surface area (Å²) in [5, 5.41) is 4.16. The van der Waals surface area contributed by atoms with Crippen molar-refractivity contribution in [3.05, 3.63) is 29.8 Å². The summed E-state index contributed by atoms with van der Waals surface area (Å²) in [6.45, 7) is 7.35. The van der Waals surface area contributed by atoms with Crippen LogP contribution in [0.25, 0.3) is 0 Å². The maximum Gasteiger partial charge on any atom is 0.0588 e. The monoisotopic (exact) mass is 279 g/mol. The summed E-state index contributed by atoms with van der Waals surface area (Å²) in [4.78, 5) is 1.36. The van der Waals surface area contributed by atoms with Crippen molar-refractivity contribution in [3.8, 4) is 0 Å². The largest absolute Gasteiger partial charge is 0.380 e. The molecule has 0 radical (unpaired) electrons. The third-order valence-electron chi connectivity index (χ3n) is 3.50. The number of hydrogen-bond acceptors (Lipinski definition) is 3. The van der Waals surface area contributed by atoms with E-state index in [1.54, 1.807) is 0 Å². The van der Waals surface area contributed by atoms with Crippen molar-refractivity contribution in [2.75, 3.05) is 19.8 Å². The van der Waals surface area contributed by atoms with Gasteiger partial charge in [-0.25, -0.2) is 0 Å². The van der Waals surface area contributed by atoms with Gasteiger partial charge in [0.15, 0.2) is 0 Å². The Bertz CT molecular complexity index is 360. The molecule has 1 fully saturated rings. The van der Waals surface area contributed by atoms with Gasteiger partial charge in [-0.1, -0.05) is 19.1 Å². The van der Waals surface area contributed by atoms with E-state index < -0.39 is 0 Å². The first-order valence-corrected chi connectivity index (χ1v) is 8.25. The fourth-order valence-electron chi connectivity index (χ4n) is 2.31. The van der Waals surface area contributed by atoms with Gasteiger partial charge in [-0.2, -0.15) is 0 Å². The minimum atomic E-state index is 0.442. The zero-order chi connectivity index (χ0) is 13.5. The number of hydrogen-bond donors (Lipinski definition) is 1.